The lowest BCUT2D eigenvalue weighted by Crippen LogP contribution is -2.55. The van der Waals surface area contributed by atoms with Crippen molar-refractivity contribution in [3.05, 3.63) is 24.3 Å². The summed E-state index contributed by atoms with van der Waals surface area (Å²) in [6.07, 6.45) is 0. The van der Waals surface area contributed by atoms with Gasteiger partial charge in [0.15, 0.2) is 0 Å². The number of ether oxygens (including phenoxy) is 1. The molecule has 0 amide bonds. The third kappa shape index (κ3) is 3.43. The molecule has 1 aliphatic heterocycles. The van der Waals surface area contributed by atoms with Crippen molar-refractivity contribution >= 4 is 20.0 Å². The zero-order chi connectivity index (χ0) is 17.5. The van der Waals surface area contributed by atoms with Gasteiger partial charge < -0.3 is 4.74 Å². The van der Waals surface area contributed by atoms with Gasteiger partial charge in [-0.15, -0.1) is 0 Å². The van der Waals surface area contributed by atoms with Gasteiger partial charge >= 0.3 is 0 Å². The molecule has 1 fully saturated rings. The van der Waals surface area contributed by atoms with Crippen LogP contribution in [0.5, 0.6) is 0 Å². The molecule has 0 atom stereocenters. The third-order valence-corrected chi connectivity index (χ3v) is 7.66. The zero-order valence-electron chi connectivity index (χ0n) is 13.7. The van der Waals surface area contributed by atoms with Crippen molar-refractivity contribution in [2.45, 2.75) is 29.2 Å². The van der Waals surface area contributed by atoms with Gasteiger partial charge in [-0.3, -0.25) is 0 Å². The van der Waals surface area contributed by atoms with Crippen LogP contribution in [0.15, 0.2) is 34.1 Å². The summed E-state index contributed by atoms with van der Waals surface area (Å²) in [4.78, 5) is -0.0787. The van der Waals surface area contributed by atoms with Crippen molar-refractivity contribution in [2.75, 3.05) is 33.9 Å². The van der Waals surface area contributed by atoms with Crippen molar-refractivity contribution in [2.24, 2.45) is 0 Å². The summed E-state index contributed by atoms with van der Waals surface area (Å²) in [5, 5.41) is 0. The first-order valence-corrected chi connectivity index (χ1v) is 10.0. The molecule has 23 heavy (non-hydrogen) atoms. The van der Waals surface area contributed by atoms with Gasteiger partial charge in [-0.25, -0.2) is 21.1 Å². The molecule has 9 heteroatoms. The Morgan fingerprint density at radius 3 is 2.30 bits per heavy atom. The van der Waals surface area contributed by atoms with E-state index < -0.39 is 25.6 Å². The molecule has 7 nitrogen and oxygen atoms in total. The van der Waals surface area contributed by atoms with Gasteiger partial charge in [-0.2, -0.15) is 4.31 Å². The van der Waals surface area contributed by atoms with Gasteiger partial charge in [0.05, 0.1) is 28.5 Å². The Morgan fingerprint density at radius 2 is 1.74 bits per heavy atom. The molecule has 130 valence electrons. The number of benzene rings is 1. The van der Waals surface area contributed by atoms with Gasteiger partial charge in [-0.05, 0) is 32.0 Å². The van der Waals surface area contributed by atoms with E-state index in [2.05, 4.69) is 0 Å². The molecule has 0 aliphatic carbocycles. The second-order valence-electron chi connectivity index (χ2n) is 6.20. The predicted octanol–water partition coefficient (Wildman–Crippen LogP) is 0.736. The standard InChI is InChI=1S/C14H22N2O5S2/c1-14(2)11-21-9-8-16(14)23(19,20)13-7-5-6-12(10-13)22(17,18)15(3)4/h5-7,10H,8-9,11H2,1-4H3. The maximum atomic E-state index is 12.9. The van der Waals surface area contributed by atoms with Crippen molar-refractivity contribution in [1.82, 2.24) is 8.61 Å². The summed E-state index contributed by atoms with van der Waals surface area (Å²) >= 11 is 0. The molecule has 1 aromatic rings. The van der Waals surface area contributed by atoms with Crippen LogP contribution in [0, 0.1) is 0 Å². The first-order chi connectivity index (χ1) is 10.5. The summed E-state index contributed by atoms with van der Waals surface area (Å²) < 4.78 is 58.0. The van der Waals surface area contributed by atoms with Gasteiger partial charge in [-0.1, -0.05) is 6.07 Å². The lowest BCUT2D eigenvalue weighted by molar-refractivity contribution is -0.00771. The number of nitrogens with zero attached hydrogens (tertiary/aromatic N) is 2. The van der Waals surface area contributed by atoms with E-state index in [-0.39, 0.29) is 16.3 Å². The number of hydrogen-bond donors (Lipinski definition) is 0. The van der Waals surface area contributed by atoms with Crippen LogP contribution < -0.4 is 0 Å². The largest absolute Gasteiger partial charge is 0.378 e. The molecule has 1 saturated heterocycles. The second kappa shape index (κ2) is 6.14. The third-order valence-electron chi connectivity index (χ3n) is 3.74. The zero-order valence-corrected chi connectivity index (χ0v) is 15.3. The average molecular weight is 362 g/mol. The van der Waals surface area contributed by atoms with Crippen LogP contribution in [0.4, 0.5) is 0 Å². The van der Waals surface area contributed by atoms with Crippen LogP contribution in [-0.4, -0.2) is 64.8 Å². The molecule has 1 aliphatic rings. The Balaban J connectivity index is 2.50. The monoisotopic (exact) mass is 362 g/mol. The van der Waals surface area contributed by atoms with E-state index in [1.807, 2.05) is 0 Å². The molecule has 0 N–H and O–H groups in total. The number of hydrogen-bond acceptors (Lipinski definition) is 5. The lowest BCUT2D eigenvalue weighted by atomic mass is 10.1. The predicted molar refractivity (Wildman–Crippen MR) is 86.1 cm³/mol. The van der Waals surface area contributed by atoms with E-state index in [1.165, 1.54) is 42.7 Å². The normalized spacial score (nSPS) is 19.9. The molecule has 2 rings (SSSR count). The highest BCUT2D eigenvalue weighted by atomic mass is 32.2. The Hall–Kier alpha value is -1.00. The Kier molecular flexibility index (Phi) is 4.89. The van der Waals surface area contributed by atoms with Crippen LogP contribution in [0.3, 0.4) is 0 Å². The minimum Gasteiger partial charge on any atom is -0.378 e. The molecular formula is C14H22N2O5S2. The van der Waals surface area contributed by atoms with Crippen LogP contribution in [0.1, 0.15) is 13.8 Å². The molecule has 0 spiro atoms. The molecule has 1 aromatic carbocycles. The fourth-order valence-electron chi connectivity index (χ4n) is 2.42. The molecular weight excluding hydrogens is 340 g/mol. The highest BCUT2D eigenvalue weighted by Gasteiger charge is 2.40. The van der Waals surface area contributed by atoms with E-state index in [4.69, 9.17) is 4.74 Å². The summed E-state index contributed by atoms with van der Waals surface area (Å²) in [5.41, 5.74) is -0.687. The van der Waals surface area contributed by atoms with Crippen molar-refractivity contribution in [3.8, 4) is 0 Å². The summed E-state index contributed by atoms with van der Waals surface area (Å²) in [5.74, 6) is 0. The van der Waals surface area contributed by atoms with Crippen molar-refractivity contribution in [3.63, 3.8) is 0 Å². The fraction of sp³-hybridized carbons (Fsp3) is 0.571. The minimum absolute atomic E-state index is 0.0320. The van der Waals surface area contributed by atoms with Crippen LogP contribution >= 0.6 is 0 Å². The SMILES string of the molecule is CN(C)S(=O)(=O)c1cccc(S(=O)(=O)N2CCOCC2(C)C)c1. The summed E-state index contributed by atoms with van der Waals surface area (Å²) in [6, 6.07) is 5.45. The number of sulfonamides is 2. The van der Waals surface area contributed by atoms with E-state index in [9.17, 15) is 16.8 Å². The van der Waals surface area contributed by atoms with Gasteiger partial charge in [0.25, 0.3) is 0 Å². The molecule has 1 heterocycles. The van der Waals surface area contributed by atoms with Crippen LogP contribution in [-0.2, 0) is 24.8 Å². The Bertz CT molecular complexity index is 785. The van der Waals surface area contributed by atoms with Crippen LogP contribution in [0.2, 0.25) is 0 Å². The molecule has 0 radical (unpaired) electrons. The first-order valence-electron chi connectivity index (χ1n) is 7.13. The minimum atomic E-state index is -3.81. The lowest BCUT2D eigenvalue weighted by Gasteiger charge is -2.40. The van der Waals surface area contributed by atoms with Crippen molar-refractivity contribution in [1.29, 1.82) is 0 Å². The Labute approximate surface area is 137 Å². The summed E-state index contributed by atoms with van der Waals surface area (Å²) in [7, 11) is -4.69. The van der Waals surface area contributed by atoms with Crippen LogP contribution in [0.25, 0.3) is 0 Å². The fourth-order valence-corrected chi connectivity index (χ4v) is 5.24. The topological polar surface area (TPSA) is 84.0 Å². The van der Waals surface area contributed by atoms with E-state index in [1.54, 1.807) is 13.8 Å². The maximum absolute atomic E-state index is 12.9. The second-order valence-corrected chi connectivity index (χ2v) is 10.2. The Morgan fingerprint density at radius 1 is 1.13 bits per heavy atom. The van der Waals surface area contributed by atoms with Crippen molar-refractivity contribution < 1.29 is 21.6 Å². The maximum Gasteiger partial charge on any atom is 0.243 e. The number of rotatable bonds is 4. The van der Waals surface area contributed by atoms with E-state index >= 15 is 0 Å². The molecule has 0 saturated carbocycles. The quantitative estimate of drug-likeness (QED) is 0.789. The number of morpholine rings is 1. The summed E-state index contributed by atoms with van der Waals surface area (Å²) in [6.45, 7) is 4.41. The highest BCUT2D eigenvalue weighted by molar-refractivity contribution is 7.90. The van der Waals surface area contributed by atoms with E-state index in [0.717, 1.165) is 4.31 Å². The average Bonchev–Trinajstić information content (AvgIpc) is 2.46. The highest BCUT2D eigenvalue weighted by Crippen LogP contribution is 2.28. The van der Waals surface area contributed by atoms with Gasteiger partial charge in [0.2, 0.25) is 20.0 Å². The molecule has 0 bridgehead atoms. The van der Waals surface area contributed by atoms with Gasteiger partial charge in [0.1, 0.15) is 0 Å². The molecule has 0 aromatic heterocycles. The molecule has 0 unspecified atom stereocenters. The first kappa shape index (κ1) is 18.3. The smallest absolute Gasteiger partial charge is 0.243 e. The van der Waals surface area contributed by atoms with E-state index in [0.29, 0.717) is 13.2 Å². The van der Waals surface area contributed by atoms with Gasteiger partial charge in [0, 0.05) is 20.6 Å².